The number of hydrogen-bond acceptors (Lipinski definition) is 0. The molecule has 0 aliphatic carbocycles. The molecule has 0 radical (unpaired) electrons. The Bertz CT molecular complexity index is 1350. The highest BCUT2D eigenvalue weighted by Gasteiger charge is 2.24. The van der Waals surface area contributed by atoms with Crippen LogP contribution in [0.4, 0.5) is 22.0 Å². The fourth-order valence-corrected chi connectivity index (χ4v) is 3.64. The van der Waals surface area contributed by atoms with Gasteiger partial charge in [-0.3, -0.25) is 0 Å². The summed E-state index contributed by atoms with van der Waals surface area (Å²) in [5.41, 5.74) is 2.35. The Kier molecular flexibility index (Phi) is 5.41. The molecule has 0 nitrogen and oxygen atoms in total. The molecule has 156 valence electrons. The zero-order valence-corrected chi connectivity index (χ0v) is 16.6. The Morgan fingerprint density at radius 2 is 1.35 bits per heavy atom. The summed E-state index contributed by atoms with van der Waals surface area (Å²) in [5, 5.41) is 2.65. The number of benzene rings is 4. The lowest BCUT2D eigenvalue weighted by molar-refractivity contribution is -0.0696. The first-order valence-corrected chi connectivity index (χ1v) is 9.69. The highest BCUT2D eigenvalue weighted by molar-refractivity contribution is 5.86. The first-order valence-electron chi connectivity index (χ1n) is 9.69. The van der Waals surface area contributed by atoms with Crippen LogP contribution >= 0.6 is 0 Å². The second-order valence-corrected chi connectivity index (χ2v) is 7.54. The lowest BCUT2D eigenvalue weighted by Crippen LogP contribution is -2.02. The van der Waals surface area contributed by atoms with E-state index >= 15 is 0 Å². The number of rotatable bonds is 3. The quantitative estimate of drug-likeness (QED) is 0.240. The molecule has 0 aromatic heterocycles. The fourth-order valence-electron chi connectivity index (χ4n) is 3.64. The molecule has 4 aromatic rings. The lowest BCUT2D eigenvalue weighted by atomic mass is 9.98. The minimum Gasteiger partial charge on any atom is -0.205 e. The summed E-state index contributed by atoms with van der Waals surface area (Å²) in [6, 6.07) is 18.4. The Labute approximate surface area is 176 Å². The normalized spacial score (nSPS) is 11.5. The first-order chi connectivity index (χ1) is 14.7. The molecular formula is C26H17F5. The standard InChI is InChI=1S/C26H17F5/c1-16-2-7-20-13-17(5-8-19(20)12-16)3-4-18-6-9-22-21(14-18)15-24(27)23(25(22)28)10-11-26(29,30)31/h2,5-9,12-15H,3-4H2,1H3. The molecule has 0 fully saturated rings. The summed E-state index contributed by atoms with van der Waals surface area (Å²) in [7, 11) is 0. The summed E-state index contributed by atoms with van der Waals surface area (Å²) in [6.45, 7) is 2.05. The summed E-state index contributed by atoms with van der Waals surface area (Å²) in [6.07, 6.45) is -3.42. The molecular weight excluding hydrogens is 407 g/mol. The number of fused-ring (bicyclic) bond motifs is 2. The van der Waals surface area contributed by atoms with Crippen LogP contribution in [0.25, 0.3) is 21.5 Å². The van der Waals surface area contributed by atoms with E-state index in [0.717, 1.165) is 34.9 Å². The molecule has 5 heteroatoms. The second-order valence-electron chi connectivity index (χ2n) is 7.54. The van der Waals surface area contributed by atoms with Gasteiger partial charge in [-0.1, -0.05) is 66.1 Å². The Balaban J connectivity index is 1.59. The van der Waals surface area contributed by atoms with Crippen molar-refractivity contribution >= 4 is 21.5 Å². The van der Waals surface area contributed by atoms with Gasteiger partial charge < -0.3 is 0 Å². The van der Waals surface area contributed by atoms with Crippen LogP contribution in [0, 0.1) is 30.4 Å². The van der Waals surface area contributed by atoms with E-state index < -0.39 is 23.4 Å². The van der Waals surface area contributed by atoms with Gasteiger partial charge in [0.15, 0.2) is 0 Å². The maximum Gasteiger partial charge on any atom is 0.458 e. The van der Waals surface area contributed by atoms with E-state index in [1.165, 1.54) is 17.0 Å². The van der Waals surface area contributed by atoms with Crippen LogP contribution in [-0.2, 0) is 12.8 Å². The van der Waals surface area contributed by atoms with Gasteiger partial charge in [0.05, 0.1) is 5.56 Å². The van der Waals surface area contributed by atoms with E-state index in [-0.39, 0.29) is 5.39 Å². The van der Waals surface area contributed by atoms with Crippen LogP contribution in [0.15, 0.2) is 60.7 Å². The van der Waals surface area contributed by atoms with Crippen molar-refractivity contribution < 1.29 is 22.0 Å². The van der Waals surface area contributed by atoms with Crippen LogP contribution in [-0.4, -0.2) is 6.18 Å². The maximum atomic E-state index is 14.6. The van der Waals surface area contributed by atoms with E-state index in [1.54, 1.807) is 18.1 Å². The molecule has 0 amide bonds. The third kappa shape index (κ3) is 4.69. The van der Waals surface area contributed by atoms with Crippen molar-refractivity contribution in [2.75, 3.05) is 0 Å². The molecule has 0 unspecified atom stereocenters. The van der Waals surface area contributed by atoms with Crippen LogP contribution in [0.1, 0.15) is 22.3 Å². The highest BCUT2D eigenvalue weighted by Crippen LogP contribution is 2.26. The van der Waals surface area contributed by atoms with Crippen molar-refractivity contribution in [2.45, 2.75) is 25.9 Å². The summed E-state index contributed by atoms with van der Waals surface area (Å²) in [4.78, 5) is 0. The zero-order valence-electron chi connectivity index (χ0n) is 16.6. The van der Waals surface area contributed by atoms with Gasteiger partial charge in [-0.2, -0.15) is 13.2 Å². The molecule has 4 rings (SSSR count). The van der Waals surface area contributed by atoms with Gasteiger partial charge in [-0.05, 0) is 53.1 Å². The van der Waals surface area contributed by atoms with Crippen LogP contribution in [0.3, 0.4) is 0 Å². The molecule has 31 heavy (non-hydrogen) atoms. The molecule has 0 bridgehead atoms. The molecule has 0 saturated carbocycles. The van der Waals surface area contributed by atoms with E-state index in [9.17, 15) is 22.0 Å². The molecule has 0 heterocycles. The van der Waals surface area contributed by atoms with Gasteiger partial charge in [-0.25, -0.2) is 8.78 Å². The molecule has 0 atom stereocenters. The molecule has 0 aliphatic heterocycles. The topological polar surface area (TPSA) is 0 Å². The first kappa shape index (κ1) is 20.9. The monoisotopic (exact) mass is 424 g/mol. The maximum absolute atomic E-state index is 14.6. The third-order valence-corrected chi connectivity index (χ3v) is 5.18. The average Bonchev–Trinajstić information content (AvgIpc) is 2.71. The SMILES string of the molecule is Cc1ccc2cc(CCc3ccc4c(F)c(C#CC(F)(F)F)c(F)cc4c3)ccc2c1. The summed E-state index contributed by atoms with van der Waals surface area (Å²) < 4.78 is 65.6. The minimum atomic E-state index is -4.82. The van der Waals surface area contributed by atoms with Crippen LogP contribution < -0.4 is 0 Å². The Hall–Kier alpha value is -3.39. The van der Waals surface area contributed by atoms with Crippen LogP contribution in [0.5, 0.6) is 0 Å². The van der Waals surface area contributed by atoms with Gasteiger partial charge >= 0.3 is 6.18 Å². The molecule has 4 aromatic carbocycles. The van der Waals surface area contributed by atoms with E-state index in [1.807, 2.05) is 6.92 Å². The Morgan fingerprint density at radius 1 is 0.742 bits per heavy atom. The molecule has 0 N–H and O–H groups in total. The van der Waals surface area contributed by atoms with Crippen molar-refractivity contribution in [1.82, 2.24) is 0 Å². The van der Waals surface area contributed by atoms with Crippen molar-refractivity contribution in [3.8, 4) is 11.8 Å². The van der Waals surface area contributed by atoms with Crippen molar-refractivity contribution in [1.29, 1.82) is 0 Å². The predicted molar refractivity (Wildman–Crippen MR) is 113 cm³/mol. The van der Waals surface area contributed by atoms with E-state index in [4.69, 9.17) is 0 Å². The second kappa shape index (κ2) is 8.03. The minimum absolute atomic E-state index is 0.0395. The number of alkyl halides is 3. The fraction of sp³-hybridized carbons (Fsp3) is 0.154. The van der Waals surface area contributed by atoms with Gasteiger partial charge in [0.25, 0.3) is 0 Å². The lowest BCUT2D eigenvalue weighted by Gasteiger charge is -2.08. The van der Waals surface area contributed by atoms with Gasteiger partial charge in [0.1, 0.15) is 11.6 Å². The van der Waals surface area contributed by atoms with Gasteiger partial charge in [0.2, 0.25) is 0 Å². The highest BCUT2D eigenvalue weighted by atomic mass is 19.4. The van der Waals surface area contributed by atoms with Crippen molar-refractivity contribution in [3.05, 3.63) is 94.6 Å². The van der Waals surface area contributed by atoms with E-state index in [2.05, 4.69) is 36.4 Å². The van der Waals surface area contributed by atoms with Gasteiger partial charge in [-0.15, -0.1) is 0 Å². The van der Waals surface area contributed by atoms with E-state index in [0.29, 0.717) is 11.8 Å². The van der Waals surface area contributed by atoms with Gasteiger partial charge in [0, 0.05) is 11.3 Å². The summed E-state index contributed by atoms with van der Waals surface area (Å²) in [5.74, 6) is 0.300. The smallest absolute Gasteiger partial charge is 0.205 e. The Morgan fingerprint density at radius 3 is 2.06 bits per heavy atom. The number of hydrogen-bond donors (Lipinski definition) is 0. The molecule has 0 saturated heterocycles. The van der Waals surface area contributed by atoms with Crippen molar-refractivity contribution in [3.63, 3.8) is 0 Å². The largest absolute Gasteiger partial charge is 0.458 e. The van der Waals surface area contributed by atoms with Crippen molar-refractivity contribution in [2.24, 2.45) is 0 Å². The predicted octanol–water partition coefficient (Wildman–Crippen LogP) is 7.28. The molecule has 0 aliphatic rings. The third-order valence-electron chi connectivity index (χ3n) is 5.18. The number of halogens is 5. The number of aryl methyl sites for hydroxylation is 3. The summed E-state index contributed by atoms with van der Waals surface area (Å²) >= 11 is 0. The zero-order chi connectivity index (χ0) is 22.2. The van der Waals surface area contributed by atoms with Crippen LogP contribution in [0.2, 0.25) is 0 Å². The average molecular weight is 424 g/mol. The molecule has 0 spiro atoms.